The van der Waals surface area contributed by atoms with E-state index in [0.717, 1.165) is 15.0 Å². The predicted octanol–water partition coefficient (Wildman–Crippen LogP) is 2.41. The summed E-state index contributed by atoms with van der Waals surface area (Å²) < 4.78 is 36.5. The highest BCUT2D eigenvalue weighted by molar-refractivity contribution is 5.68. The first-order valence-electron chi connectivity index (χ1n) is 7.52. The quantitative estimate of drug-likeness (QED) is 0.636. The van der Waals surface area contributed by atoms with Crippen molar-refractivity contribution < 1.29 is 13.5 Å². The minimum atomic E-state index is -0.751. The summed E-state index contributed by atoms with van der Waals surface area (Å²) in [5.41, 5.74) is 0.995. The van der Waals surface area contributed by atoms with Crippen LogP contribution >= 0.6 is 0 Å². The van der Waals surface area contributed by atoms with E-state index in [1.807, 2.05) is 0 Å². The fourth-order valence-electron chi connectivity index (χ4n) is 2.91. The average molecular weight is 344 g/mol. The van der Waals surface area contributed by atoms with Crippen LogP contribution in [-0.4, -0.2) is 27.6 Å². The van der Waals surface area contributed by atoms with E-state index < -0.39 is 17.3 Å². The molecule has 128 valence electrons. The average Bonchev–Trinajstić information content (AvgIpc) is 2.94. The highest BCUT2D eigenvalue weighted by Crippen LogP contribution is 2.37. The maximum atomic E-state index is 14.7. The van der Waals surface area contributed by atoms with Crippen molar-refractivity contribution in [2.45, 2.75) is 6.92 Å². The Balaban J connectivity index is 2.05. The van der Waals surface area contributed by atoms with E-state index in [-0.39, 0.29) is 18.1 Å². The second-order valence-corrected chi connectivity index (χ2v) is 5.86. The zero-order chi connectivity index (χ0) is 17.9. The van der Waals surface area contributed by atoms with Crippen molar-refractivity contribution in [1.82, 2.24) is 14.0 Å². The highest BCUT2D eigenvalue weighted by Gasteiger charge is 2.23. The van der Waals surface area contributed by atoms with Gasteiger partial charge in [-0.3, -0.25) is 9.20 Å². The fourth-order valence-corrected chi connectivity index (χ4v) is 2.91. The van der Waals surface area contributed by atoms with Gasteiger partial charge in [-0.15, -0.1) is 0 Å². The van der Waals surface area contributed by atoms with E-state index in [1.54, 1.807) is 18.9 Å². The van der Waals surface area contributed by atoms with Crippen molar-refractivity contribution in [3.63, 3.8) is 0 Å². The number of hydrogen-bond donors (Lipinski definition) is 0. The number of halogens is 2. The Hall–Kier alpha value is -3.16. The van der Waals surface area contributed by atoms with Gasteiger partial charge in [-0.05, 0) is 13.0 Å². The normalized spacial score (nSPS) is 13.9. The first kappa shape index (κ1) is 15.4. The van der Waals surface area contributed by atoms with Gasteiger partial charge in [0.05, 0.1) is 23.6 Å². The predicted molar refractivity (Wildman–Crippen MR) is 88.5 cm³/mol. The first-order chi connectivity index (χ1) is 11.9. The van der Waals surface area contributed by atoms with Crippen LogP contribution in [0.2, 0.25) is 0 Å². The lowest BCUT2D eigenvalue weighted by Gasteiger charge is -2.30. The third kappa shape index (κ3) is 2.14. The molecule has 2 aromatic heterocycles. The van der Waals surface area contributed by atoms with E-state index in [9.17, 15) is 13.6 Å². The molecule has 0 spiro atoms. The minimum absolute atomic E-state index is 0.000410. The van der Waals surface area contributed by atoms with Crippen molar-refractivity contribution in [3.05, 3.63) is 64.5 Å². The zero-order valence-corrected chi connectivity index (χ0v) is 13.6. The molecule has 3 aromatic rings. The van der Waals surface area contributed by atoms with Crippen molar-refractivity contribution in [1.29, 1.82) is 0 Å². The third-order valence-electron chi connectivity index (χ3n) is 4.30. The molecule has 0 bridgehead atoms. The molecule has 0 radical (unpaired) electrons. The van der Waals surface area contributed by atoms with Gasteiger partial charge in [-0.25, -0.2) is 13.9 Å². The number of rotatable bonds is 1. The molecule has 4 rings (SSSR count). The smallest absolute Gasteiger partial charge is 0.262 e. The standard InChI is InChI=1S/C17H14F2N4O2/c1-9-7-20-17-22(9)15(19)6-16(24)23(17)12-5-13-14(4-11(12)18)25-8-10(2)21(13)3/h4-7H,2,8H2,1,3H3. The Morgan fingerprint density at radius 1 is 1.24 bits per heavy atom. The number of aromatic nitrogens is 3. The van der Waals surface area contributed by atoms with Gasteiger partial charge in [-0.2, -0.15) is 4.39 Å². The van der Waals surface area contributed by atoms with Crippen LogP contribution in [0.4, 0.5) is 14.5 Å². The second kappa shape index (κ2) is 5.17. The van der Waals surface area contributed by atoms with Crippen LogP contribution in [-0.2, 0) is 0 Å². The van der Waals surface area contributed by atoms with Crippen LogP contribution in [0.25, 0.3) is 11.5 Å². The Bertz CT molecular complexity index is 1100. The summed E-state index contributed by atoms with van der Waals surface area (Å²) in [6.45, 7) is 5.77. The van der Waals surface area contributed by atoms with E-state index in [4.69, 9.17) is 4.74 Å². The lowest BCUT2D eigenvalue weighted by Crippen LogP contribution is -2.27. The second-order valence-electron chi connectivity index (χ2n) is 5.86. The third-order valence-corrected chi connectivity index (χ3v) is 4.30. The summed E-state index contributed by atoms with van der Waals surface area (Å²) in [7, 11) is 1.77. The number of nitrogens with zero attached hydrogens (tertiary/aromatic N) is 4. The number of anilines is 1. The van der Waals surface area contributed by atoms with Gasteiger partial charge in [0.2, 0.25) is 11.7 Å². The SMILES string of the molecule is C=C1COc2cc(F)c(-n3c(=O)cc(F)n4c(C)cnc34)cc2N1C. The van der Waals surface area contributed by atoms with Crippen LogP contribution < -0.4 is 15.2 Å². The molecule has 6 nitrogen and oxygen atoms in total. The summed E-state index contributed by atoms with van der Waals surface area (Å²) >= 11 is 0. The molecule has 0 saturated carbocycles. The Kier molecular flexibility index (Phi) is 3.18. The van der Waals surface area contributed by atoms with E-state index in [2.05, 4.69) is 11.6 Å². The van der Waals surface area contributed by atoms with Gasteiger partial charge >= 0.3 is 0 Å². The number of benzene rings is 1. The number of aryl methyl sites for hydroxylation is 1. The summed E-state index contributed by atoms with van der Waals surface area (Å²) in [4.78, 5) is 18.2. The Morgan fingerprint density at radius 3 is 2.76 bits per heavy atom. The lowest BCUT2D eigenvalue weighted by atomic mass is 10.2. The van der Waals surface area contributed by atoms with Crippen molar-refractivity contribution in [2.24, 2.45) is 0 Å². The maximum absolute atomic E-state index is 14.7. The van der Waals surface area contributed by atoms with Gasteiger partial charge < -0.3 is 9.64 Å². The van der Waals surface area contributed by atoms with E-state index in [1.165, 1.54) is 18.3 Å². The molecule has 0 amide bonds. The molecular formula is C17H14F2N4O2. The lowest BCUT2D eigenvalue weighted by molar-refractivity contribution is 0.336. The molecule has 0 N–H and O–H groups in total. The van der Waals surface area contributed by atoms with Gasteiger partial charge in [-0.1, -0.05) is 6.58 Å². The maximum Gasteiger partial charge on any atom is 0.262 e. The Morgan fingerprint density at radius 2 is 2.00 bits per heavy atom. The number of hydrogen-bond acceptors (Lipinski definition) is 4. The molecule has 0 fully saturated rings. The van der Waals surface area contributed by atoms with Crippen molar-refractivity contribution in [2.75, 3.05) is 18.6 Å². The zero-order valence-electron chi connectivity index (χ0n) is 13.6. The van der Waals surface area contributed by atoms with Gasteiger partial charge in [0.15, 0.2) is 5.82 Å². The van der Waals surface area contributed by atoms with Crippen molar-refractivity contribution in [3.8, 4) is 11.4 Å². The summed E-state index contributed by atoms with van der Waals surface area (Å²) in [6, 6.07) is 3.48. The fraction of sp³-hybridized carbons (Fsp3) is 0.176. The van der Waals surface area contributed by atoms with Gasteiger partial charge in [0, 0.05) is 24.5 Å². The summed E-state index contributed by atoms with van der Waals surface area (Å²) in [6.07, 6.45) is 1.42. The molecule has 0 unspecified atom stereocenters. The molecule has 1 aliphatic heterocycles. The molecule has 1 aliphatic rings. The molecule has 0 saturated heterocycles. The number of likely N-dealkylation sites (N-methyl/N-ethyl adjacent to an activating group) is 1. The van der Waals surface area contributed by atoms with Crippen LogP contribution in [0.5, 0.6) is 5.75 Å². The number of ether oxygens (including phenoxy) is 1. The van der Waals surface area contributed by atoms with Crippen LogP contribution in [0.15, 0.2) is 41.5 Å². The largest absolute Gasteiger partial charge is 0.485 e. The molecule has 3 heterocycles. The molecule has 0 atom stereocenters. The molecular weight excluding hydrogens is 330 g/mol. The number of fused-ring (bicyclic) bond motifs is 2. The van der Waals surface area contributed by atoms with Gasteiger partial charge in [0.1, 0.15) is 12.4 Å². The molecule has 0 aliphatic carbocycles. The van der Waals surface area contributed by atoms with Crippen LogP contribution in [0.3, 0.4) is 0 Å². The molecule has 8 heteroatoms. The van der Waals surface area contributed by atoms with E-state index >= 15 is 0 Å². The highest BCUT2D eigenvalue weighted by atomic mass is 19.1. The van der Waals surface area contributed by atoms with Gasteiger partial charge in [0.25, 0.3) is 5.56 Å². The van der Waals surface area contributed by atoms with E-state index in [0.29, 0.717) is 22.8 Å². The van der Waals surface area contributed by atoms with Crippen LogP contribution in [0.1, 0.15) is 5.69 Å². The topological polar surface area (TPSA) is 51.8 Å². The summed E-state index contributed by atoms with van der Waals surface area (Å²) in [5.74, 6) is -1.07. The first-order valence-corrected chi connectivity index (χ1v) is 7.52. The monoisotopic (exact) mass is 344 g/mol. The molecule has 25 heavy (non-hydrogen) atoms. The van der Waals surface area contributed by atoms with Crippen LogP contribution in [0, 0.1) is 18.7 Å². The number of imidazole rings is 1. The Labute approximate surface area is 141 Å². The summed E-state index contributed by atoms with van der Waals surface area (Å²) in [5, 5.41) is 0. The molecule has 1 aromatic carbocycles. The minimum Gasteiger partial charge on any atom is -0.485 e. The van der Waals surface area contributed by atoms with Crippen molar-refractivity contribution >= 4 is 11.5 Å².